The second-order valence-electron chi connectivity index (χ2n) is 4.05. The molecule has 78 valence electrons. The van der Waals surface area contributed by atoms with Crippen LogP contribution >= 0.6 is 15.9 Å². The van der Waals surface area contributed by atoms with Crippen LogP contribution in [0.2, 0.25) is 0 Å². The number of aryl methyl sites for hydroxylation is 1. The lowest BCUT2D eigenvalue weighted by molar-refractivity contribution is 1.13. The summed E-state index contributed by atoms with van der Waals surface area (Å²) in [6.07, 6.45) is 0. The van der Waals surface area contributed by atoms with Gasteiger partial charge in [0.2, 0.25) is 0 Å². The van der Waals surface area contributed by atoms with Gasteiger partial charge in [0.05, 0.1) is 5.69 Å². The monoisotopic (exact) mass is 263 g/mol. The molecule has 0 saturated carbocycles. The van der Waals surface area contributed by atoms with Crippen molar-refractivity contribution in [2.45, 2.75) is 6.92 Å². The molecule has 0 fully saturated rings. The summed E-state index contributed by atoms with van der Waals surface area (Å²) in [6, 6.07) is 10.9. The molecule has 0 aliphatic rings. The molecule has 0 aliphatic heterocycles. The van der Waals surface area contributed by atoms with Gasteiger partial charge in [-0.1, -0.05) is 23.8 Å². The summed E-state index contributed by atoms with van der Waals surface area (Å²) in [6.45, 7) is 2.12. The minimum absolute atomic E-state index is 1.14. The fourth-order valence-corrected chi connectivity index (χ4v) is 2.44. The predicted octanol–water partition coefficient (Wildman–Crippen LogP) is 3.98. The van der Waals surface area contributed by atoms with Crippen LogP contribution in [0.25, 0.3) is 10.8 Å². The molecular formula is C13H14BrN. The summed E-state index contributed by atoms with van der Waals surface area (Å²) in [7, 11) is 4.11. The molecule has 2 rings (SSSR count). The highest BCUT2D eigenvalue weighted by Gasteiger charge is 2.04. The van der Waals surface area contributed by atoms with E-state index in [4.69, 9.17) is 0 Å². The molecule has 2 heteroatoms. The smallest absolute Gasteiger partial charge is 0.0511 e. The van der Waals surface area contributed by atoms with E-state index in [2.05, 4.69) is 72.2 Å². The van der Waals surface area contributed by atoms with E-state index in [1.165, 1.54) is 22.0 Å². The molecule has 0 aliphatic carbocycles. The molecule has 0 aromatic heterocycles. The van der Waals surface area contributed by atoms with E-state index >= 15 is 0 Å². The Kier molecular flexibility index (Phi) is 2.70. The maximum Gasteiger partial charge on any atom is 0.0511 e. The Morgan fingerprint density at radius 2 is 1.73 bits per heavy atom. The van der Waals surface area contributed by atoms with Gasteiger partial charge in [-0.25, -0.2) is 0 Å². The van der Waals surface area contributed by atoms with Crippen LogP contribution < -0.4 is 4.90 Å². The van der Waals surface area contributed by atoms with Crippen molar-refractivity contribution in [3.63, 3.8) is 0 Å². The largest absolute Gasteiger partial charge is 0.377 e. The highest BCUT2D eigenvalue weighted by atomic mass is 79.9. The number of halogens is 1. The molecule has 0 heterocycles. The number of anilines is 1. The Labute approximate surface area is 98.8 Å². The number of hydrogen-bond acceptors (Lipinski definition) is 1. The van der Waals surface area contributed by atoms with Crippen molar-refractivity contribution in [3.8, 4) is 0 Å². The fraction of sp³-hybridized carbons (Fsp3) is 0.231. The molecule has 1 nitrogen and oxygen atoms in total. The Morgan fingerprint density at radius 1 is 1.00 bits per heavy atom. The first kappa shape index (κ1) is 10.5. The van der Waals surface area contributed by atoms with Gasteiger partial charge in [-0.05, 0) is 45.8 Å². The van der Waals surface area contributed by atoms with Crippen LogP contribution in [0.5, 0.6) is 0 Å². The Balaban J connectivity index is 2.72. The molecule has 0 radical (unpaired) electrons. The second-order valence-corrected chi connectivity index (χ2v) is 4.90. The summed E-state index contributed by atoms with van der Waals surface area (Å²) < 4.78 is 1.14. The molecule has 15 heavy (non-hydrogen) atoms. The maximum atomic E-state index is 3.59. The molecule has 0 saturated heterocycles. The lowest BCUT2D eigenvalue weighted by Crippen LogP contribution is -2.09. The van der Waals surface area contributed by atoms with Gasteiger partial charge >= 0.3 is 0 Å². The summed E-state index contributed by atoms with van der Waals surface area (Å²) in [4.78, 5) is 2.12. The lowest BCUT2D eigenvalue weighted by Gasteiger charge is -2.15. The first-order valence-electron chi connectivity index (χ1n) is 4.95. The normalized spacial score (nSPS) is 10.7. The van der Waals surface area contributed by atoms with Gasteiger partial charge in [0.25, 0.3) is 0 Å². The van der Waals surface area contributed by atoms with E-state index < -0.39 is 0 Å². The SMILES string of the molecule is Cc1ccc2cc(Br)c(N(C)C)cc2c1. The van der Waals surface area contributed by atoms with E-state index in [1.54, 1.807) is 0 Å². The number of nitrogens with zero attached hydrogens (tertiary/aromatic N) is 1. The lowest BCUT2D eigenvalue weighted by atomic mass is 10.1. The molecule has 2 aromatic rings. The average molecular weight is 264 g/mol. The summed E-state index contributed by atoms with van der Waals surface area (Å²) in [5.74, 6) is 0. The minimum atomic E-state index is 1.14. The summed E-state index contributed by atoms with van der Waals surface area (Å²) in [5.41, 5.74) is 2.52. The third-order valence-corrected chi connectivity index (χ3v) is 3.18. The van der Waals surface area contributed by atoms with Crippen LogP contribution in [-0.4, -0.2) is 14.1 Å². The zero-order chi connectivity index (χ0) is 11.0. The van der Waals surface area contributed by atoms with Crippen molar-refractivity contribution < 1.29 is 0 Å². The predicted molar refractivity (Wildman–Crippen MR) is 70.7 cm³/mol. The molecule has 0 spiro atoms. The first-order valence-corrected chi connectivity index (χ1v) is 5.74. The number of benzene rings is 2. The third kappa shape index (κ3) is 2.00. The molecule has 0 N–H and O–H groups in total. The maximum absolute atomic E-state index is 3.59. The summed E-state index contributed by atoms with van der Waals surface area (Å²) in [5, 5.41) is 2.57. The Hall–Kier alpha value is -1.02. The molecule has 0 amide bonds. The topological polar surface area (TPSA) is 3.24 Å². The van der Waals surface area contributed by atoms with Gasteiger partial charge in [0.1, 0.15) is 0 Å². The van der Waals surface area contributed by atoms with Gasteiger partial charge in [-0.15, -0.1) is 0 Å². The average Bonchev–Trinajstić information content (AvgIpc) is 2.17. The van der Waals surface area contributed by atoms with Crippen molar-refractivity contribution in [1.82, 2.24) is 0 Å². The van der Waals surface area contributed by atoms with E-state index in [0.717, 1.165) is 4.47 Å². The van der Waals surface area contributed by atoms with E-state index in [1.807, 2.05) is 0 Å². The highest BCUT2D eigenvalue weighted by Crippen LogP contribution is 2.30. The van der Waals surface area contributed by atoms with Gasteiger partial charge in [-0.2, -0.15) is 0 Å². The van der Waals surface area contributed by atoms with Crippen LogP contribution in [0.4, 0.5) is 5.69 Å². The van der Waals surface area contributed by atoms with Crippen molar-refractivity contribution in [1.29, 1.82) is 0 Å². The quantitative estimate of drug-likeness (QED) is 0.753. The first-order chi connectivity index (χ1) is 7.08. The van der Waals surface area contributed by atoms with Crippen LogP contribution in [0.3, 0.4) is 0 Å². The molecule has 0 atom stereocenters. The standard InChI is InChI=1S/C13H14BrN/c1-9-4-5-10-7-12(14)13(15(2)3)8-11(10)6-9/h4-8H,1-3H3. The number of fused-ring (bicyclic) bond motifs is 1. The van der Waals surface area contributed by atoms with Gasteiger partial charge in [0.15, 0.2) is 0 Å². The van der Waals surface area contributed by atoms with E-state index in [0.29, 0.717) is 0 Å². The second kappa shape index (κ2) is 3.86. The molecule has 2 aromatic carbocycles. The van der Waals surface area contributed by atoms with Crippen LogP contribution in [0.15, 0.2) is 34.8 Å². The Bertz CT molecular complexity index is 503. The van der Waals surface area contributed by atoms with E-state index in [9.17, 15) is 0 Å². The van der Waals surface area contributed by atoms with Gasteiger partial charge in [-0.3, -0.25) is 0 Å². The zero-order valence-corrected chi connectivity index (χ0v) is 10.8. The number of rotatable bonds is 1. The van der Waals surface area contributed by atoms with Gasteiger partial charge < -0.3 is 4.90 Å². The van der Waals surface area contributed by atoms with Crippen molar-refractivity contribution in [3.05, 3.63) is 40.4 Å². The van der Waals surface area contributed by atoms with E-state index in [-0.39, 0.29) is 0 Å². The number of hydrogen-bond donors (Lipinski definition) is 0. The minimum Gasteiger partial charge on any atom is -0.377 e. The highest BCUT2D eigenvalue weighted by molar-refractivity contribution is 9.10. The van der Waals surface area contributed by atoms with Crippen molar-refractivity contribution in [2.75, 3.05) is 19.0 Å². The zero-order valence-electron chi connectivity index (χ0n) is 9.21. The molecule has 0 unspecified atom stereocenters. The van der Waals surface area contributed by atoms with Crippen molar-refractivity contribution >= 4 is 32.4 Å². The molecular weight excluding hydrogens is 250 g/mol. The van der Waals surface area contributed by atoms with Crippen LogP contribution in [-0.2, 0) is 0 Å². The Morgan fingerprint density at radius 3 is 2.40 bits per heavy atom. The third-order valence-electron chi connectivity index (χ3n) is 2.54. The summed E-state index contributed by atoms with van der Waals surface area (Å²) >= 11 is 3.59. The molecule has 0 bridgehead atoms. The van der Waals surface area contributed by atoms with Crippen LogP contribution in [0.1, 0.15) is 5.56 Å². The van der Waals surface area contributed by atoms with Crippen molar-refractivity contribution in [2.24, 2.45) is 0 Å². The van der Waals surface area contributed by atoms with Gasteiger partial charge in [0, 0.05) is 18.6 Å². The van der Waals surface area contributed by atoms with Crippen LogP contribution in [0, 0.1) is 6.92 Å². The fourth-order valence-electron chi connectivity index (χ4n) is 1.72.